The fourth-order valence-electron chi connectivity index (χ4n) is 1.59. The van der Waals surface area contributed by atoms with Crippen LogP contribution in [0.15, 0.2) is 29.6 Å². The molecule has 2 rings (SSSR count). The topological polar surface area (TPSA) is 105 Å². The number of amides is 1. The average Bonchev–Trinajstić information content (AvgIpc) is 2.84. The van der Waals surface area contributed by atoms with Crippen LogP contribution in [-0.4, -0.2) is 22.0 Å². The zero-order valence-corrected chi connectivity index (χ0v) is 11.3. The van der Waals surface area contributed by atoms with Crippen molar-refractivity contribution in [3.63, 3.8) is 0 Å². The normalized spacial score (nSPS) is 10.2. The Kier molecular flexibility index (Phi) is 4.31. The van der Waals surface area contributed by atoms with Crippen LogP contribution in [-0.2, 0) is 11.2 Å². The van der Waals surface area contributed by atoms with Gasteiger partial charge in [-0.05, 0) is 18.2 Å². The third-order valence-corrected chi connectivity index (χ3v) is 3.35. The second-order valence-corrected chi connectivity index (χ2v) is 4.97. The molecule has 0 spiro atoms. The molecular formula is C13H13N3O3S. The molecule has 4 N–H and O–H groups in total. The second-order valence-electron chi connectivity index (χ2n) is 4.11. The van der Waals surface area contributed by atoms with Crippen molar-refractivity contribution >= 4 is 34.0 Å². The highest BCUT2D eigenvalue weighted by atomic mass is 32.1. The van der Waals surface area contributed by atoms with Crippen molar-refractivity contribution in [2.24, 2.45) is 5.73 Å². The van der Waals surface area contributed by atoms with Crippen LogP contribution in [0.25, 0.3) is 0 Å². The first-order valence-corrected chi connectivity index (χ1v) is 6.75. The summed E-state index contributed by atoms with van der Waals surface area (Å²) in [5, 5.41) is 14.1. The van der Waals surface area contributed by atoms with E-state index < -0.39 is 11.9 Å². The van der Waals surface area contributed by atoms with Crippen molar-refractivity contribution < 1.29 is 14.7 Å². The molecule has 0 saturated heterocycles. The number of aryl methyl sites for hydroxylation is 1. The molecule has 2 aromatic rings. The number of anilines is 2. The van der Waals surface area contributed by atoms with Gasteiger partial charge in [-0.1, -0.05) is 6.07 Å². The Hall–Kier alpha value is -2.41. The number of rotatable bonds is 6. The maximum atomic E-state index is 11.1. The minimum Gasteiger partial charge on any atom is -0.481 e. The minimum absolute atomic E-state index is 0.0559. The van der Waals surface area contributed by atoms with Crippen LogP contribution >= 0.6 is 11.3 Å². The first-order valence-electron chi connectivity index (χ1n) is 5.87. The lowest BCUT2D eigenvalue weighted by Crippen LogP contribution is -2.10. The number of thiazole rings is 1. The molecule has 0 bridgehead atoms. The number of carbonyl (C=O) groups excluding carboxylic acids is 1. The van der Waals surface area contributed by atoms with E-state index in [0.717, 1.165) is 5.69 Å². The van der Waals surface area contributed by atoms with Crippen molar-refractivity contribution in [2.45, 2.75) is 12.8 Å². The summed E-state index contributed by atoms with van der Waals surface area (Å²) < 4.78 is 0. The third kappa shape index (κ3) is 3.79. The van der Waals surface area contributed by atoms with Gasteiger partial charge in [-0.3, -0.25) is 9.59 Å². The molecule has 7 heteroatoms. The SMILES string of the molecule is NC(=O)c1cccc(Nc2nc(CCC(=O)O)cs2)c1. The second kappa shape index (κ2) is 6.16. The molecule has 1 aromatic carbocycles. The zero-order valence-electron chi connectivity index (χ0n) is 10.5. The molecule has 0 aliphatic rings. The molecule has 0 radical (unpaired) electrons. The number of hydrogen-bond acceptors (Lipinski definition) is 5. The lowest BCUT2D eigenvalue weighted by atomic mass is 10.2. The fourth-order valence-corrected chi connectivity index (χ4v) is 2.35. The maximum Gasteiger partial charge on any atom is 0.303 e. The summed E-state index contributed by atoms with van der Waals surface area (Å²) in [6.45, 7) is 0. The van der Waals surface area contributed by atoms with Gasteiger partial charge >= 0.3 is 5.97 Å². The number of primary amides is 1. The van der Waals surface area contributed by atoms with Gasteiger partial charge in [0.2, 0.25) is 5.91 Å². The Labute approximate surface area is 119 Å². The summed E-state index contributed by atoms with van der Waals surface area (Å²) in [5.74, 6) is -1.34. The van der Waals surface area contributed by atoms with E-state index in [-0.39, 0.29) is 6.42 Å². The first-order chi connectivity index (χ1) is 9.54. The number of nitrogens with zero attached hydrogens (tertiary/aromatic N) is 1. The van der Waals surface area contributed by atoms with Gasteiger partial charge < -0.3 is 16.2 Å². The van der Waals surface area contributed by atoms with Gasteiger partial charge in [-0.2, -0.15) is 0 Å². The Balaban J connectivity index is 2.04. The number of aromatic nitrogens is 1. The highest BCUT2D eigenvalue weighted by Gasteiger charge is 2.06. The summed E-state index contributed by atoms with van der Waals surface area (Å²) in [4.78, 5) is 25.9. The minimum atomic E-state index is -0.846. The van der Waals surface area contributed by atoms with E-state index in [2.05, 4.69) is 10.3 Å². The van der Waals surface area contributed by atoms with E-state index >= 15 is 0 Å². The monoisotopic (exact) mass is 291 g/mol. The van der Waals surface area contributed by atoms with E-state index in [1.807, 2.05) is 5.38 Å². The van der Waals surface area contributed by atoms with Crippen LogP contribution in [0, 0.1) is 0 Å². The number of nitrogens with two attached hydrogens (primary N) is 1. The Bertz CT molecular complexity index is 639. The summed E-state index contributed by atoms with van der Waals surface area (Å²) in [6, 6.07) is 6.79. The van der Waals surface area contributed by atoms with Gasteiger partial charge in [0.1, 0.15) is 0 Å². The van der Waals surface area contributed by atoms with E-state index in [0.29, 0.717) is 22.8 Å². The van der Waals surface area contributed by atoms with Gasteiger partial charge in [0.25, 0.3) is 0 Å². The Morgan fingerprint density at radius 1 is 1.40 bits per heavy atom. The van der Waals surface area contributed by atoms with E-state index in [4.69, 9.17) is 10.8 Å². The van der Waals surface area contributed by atoms with Crippen molar-refractivity contribution in [2.75, 3.05) is 5.32 Å². The smallest absolute Gasteiger partial charge is 0.303 e. The number of aliphatic carboxylic acids is 1. The lowest BCUT2D eigenvalue weighted by Gasteiger charge is -2.03. The number of carboxylic acid groups (broad SMARTS) is 1. The van der Waals surface area contributed by atoms with Gasteiger partial charge in [0, 0.05) is 23.1 Å². The lowest BCUT2D eigenvalue weighted by molar-refractivity contribution is -0.136. The Morgan fingerprint density at radius 2 is 2.20 bits per heavy atom. The van der Waals surface area contributed by atoms with Crippen molar-refractivity contribution in [3.05, 3.63) is 40.9 Å². The molecule has 20 heavy (non-hydrogen) atoms. The number of nitrogens with one attached hydrogen (secondary N) is 1. The average molecular weight is 291 g/mol. The molecule has 0 saturated carbocycles. The molecule has 0 aliphatic carbocycles. The standard InChI is InChI=1S/C13H13N3O3S/c14-12(19)8-2-1-3-9(6-8)15-13-16-10(7-20-13)4-5-11(17)18/h1-3,6-7H,4-5H2,(H2,14,19)(H,15,16)(H,17,18). The van der Waals surface area contributed by atoms with E-state index in [9.17, 15) is 9.59 Å². The van der Waals surface area contributed by atoms with Gasteiger partial charge in [0.15, 0.2) is 5.13 Å². The van der Waals surface area contributed by atoms with Crippen molar-refractivity contribution in [3.8, 4) is 0 Å². The summed E-state index contributed by atoms with van der Waals surface area (Å²) in [6.07, 6.45) is 0.454. The number of hydrogen-bond donors (Lipinski definition) is 3. The molecule has 1 amide bonds. The van der Waals surface area contributed by atoms with Crippen LogP contribution in [0.3, 0.4) is 0 Å². The molecule has 1 aromatic heterocycles. The largest absolute Gasteiger partial charge is 0.481 e. The first kappa shape index (κ1) is 14.0. The molecule has 0 atom stereocenters. The predicted octanol–water partition coefficient (Wildman–Crippen LogP) is 2.00. The summed E-state index contributed by atoms with van der Waals surface area (Å²) >= 11 is 1.38. The molecule has 0 fully saturated rings. The van der Waals surface area contributed by atoms with Crippen LogP contribution in [0.1, 0.15) is 22.5 Å². The number of benzene rings is 1. The molecule has 104 valence electrons. The Morgan fingerprint density at radius 3 is 2.90 bits per heavy atom. The van der Waals surface area contributed by atoms with Gasteiger partial charge in [0.05, 0.1) is 12.1 Å². The maximum absolute atomic E-state index is 11.1. The van der Waals surface area contributed by atoms with Crippen LogP contribution < -0.4 is 11.1 Å². The number of carbonyl (C=O) groups is 2. The van der Waals surface area contributed by atoms with E-state index in [1.54, 1.807) is 24.3 Å². The van der Waals surface area contributed by atoms with Crippen LogP contribution in [0.5, 0.6) is 0 Å². The third-order valence-electron chi connectivity index (χ3n) is 2.55. The van der Waals surface area contributed by atoms with E-state index in [1.165, 1.54) is 11.3 Å². The quantitative estimate of drug-likeness (QED) is 0.755. The highest BCUT2D eigenvalue weighted by molar-refractivity contribution is 7.13. The van der Waals surface area contributed by atoms with Crippen molar-refractivity contribution in [1.82, 2.24) is 4.98 Å². The molecule has 6 nitrogen and oxygen atoms in total. The van der Waals surface area contributed by atoms with Crippen LogP contribution in [0.4, 0.5) is 10.8 Å². The predicted molar refractivity (Wildman–Crippen MR) is 76.3 cm³/mol. The summed E-state index contributed by atoms with van der Waals surface area (Å²) in [7, 11) is 0. The zero-order chi connectivity index (χ0) is 14.5. The summed E-state index contributed by atoms with van der Waals surface area (Å²) in [5.41, 5.74) is 7.06. The molecule has 0 unspecified atom stereocenters. The van der Waals surface area contributed by atoms with Gasteiger partial charge in [-0.15, -0.1) is 11.3 Å². The highest BCUT2D eigenvalue weighted by Crippen LogP contribution is 2.22. The van der Waals surface area contributed by atoms with Crippen LogP contribution in [0.2, 0.25) is 0 Å². The molecule has 0 aliphatic heterocycles. The van der Waals surface area contributed by atoms with Gasteiger partial charge in [-0.25, -0.2) is 4.98 Å². The molecule has 1 heterocycles. The fraction of sp³-hybridized carbons (Fsp3) is 0.154. The van der Waals surface area contributed by atoms with Crippen molar-refractivity contribution in [1.29, 1.82) is 0 Å². The molecular weight excluding hydrogens is 278 g/mol. The number of carboxylic acids is 1.